The van der Waals surface area contributed by atoms with Crippen LogP contribution in [0.1, 0.15) is 75.5 Å². The minimum Gasteiger partial charge on any atom is -0.446 e. The fourth-order valence-electron chi connectivity index (χ4n) is 6.87. The molecule has 0 aliphatic heterocycles. The van der Waals surface area contributed by atoms with E-state index in [0.717, 1.165) is 27.9 Å². The molecule has 192 valence electrons. The Morgan fingerprint density at radius 1 is 1.11 bits per heavy atom. The smallest absolute Gasteiger partial charge is 0.404 e. The van der Waals surface area contributed by atoms with E-state index in [2.05, 4.69) is 25.8 Å². The summed E-state index contributed by atoms with van der Waals surface area (Å²) >= 11 is 6.00. The molecule has 2 N–H and O–H groups in total. The third kappa shape index (κ3) is 4.93. The maximum absolute atomic E-state index is 14.3. The van der Waals surface area contributed by atoms with Crippen LogP contribution >= 0.6 is 11.6 Å². The van der Waals surface area contributed by atoms with Crippen LogP contribution in [0, 0.1) is 30.6 Å². The number of pyridine rings is 1. The second kappa shape index (κ2) is 9.62. The molecular weight excluding hydrogens is 476 g/mol. The Labute approximate surface area is 218 Å². The molecule has 0 saturated heterocycles. The predicted molar refractivity (Wildman–Crippen MR) is 140 cm³/mol. The fraction of sp³-hybridized carbons (Fsp3) is 0.517. The van der Waals surface area contributed by atoms with Gasteiger partial charge in [-0.05, 0) is 91.3 Å². The molecule has 2 fully saturated rings. The first-order valence-corrected chi connectivity index (χ1v) is 13.0. The van der Waals surface area contributed by atoms with Gasteiger partial charge in [0.25, 0.3) is 0 Å². The molecule has 2 saturated carbocycles. The van der Waals surface area contributed by atoms with E-state index >= 15 is 0 Å². The van der Waals surface area contributed by atoms with Gasteiger partial charge in [0, 0.05) is 24.1 Å². The van der Waals surface area contributed by atoms with E-state index in [9.17, 15) is 14.4 Å². The molecule has 2 aliphatic carbocycles. The van der Waals surface area contributed by atoms with Crippen LogP contribution in [0.15, 0.2) is 30.5 Å². The van der Waals surface area contributed by atoms with Crippen molar-refractivity contribution in [3.05, 3.63) is 52.2 Å². The summed E-state index contributed by atoms with van der Waals surface area (Å²) in [5.74, 6) is -1.06. The van der Waals surface area contributed by atoms with Crippen LogP contribution in [0.25, 0.3) is 11.3 Å². The lowest BCUT2D eigenvalue weighted by molar-refractivity contribution is -0.151. The predicted octanol–water partition coefficient (Wildman–Crippen LogP) is 6.33. The molecule has 2 atom stereocenters. The topological polar surface area (TPSA) is 99.3 Å². The number of primary amides is 1. The minimum atomic E-state index is -0.776. The Kier molecular flexibility index (Phi) is 7.04. The number of amides is 1. The van der Waals surface area contributed by atoms with Crippen molar-refractivity contribution in [1.82, 2.24) is 4.98 Å². The number of aromatic nitrogens is 1. The molecule has 0 bridgehead atoms. The molecule has 2 aromatic rings. The van der Waals surface area contributed by atoms with Crippen molar-refractivity contribution in [1.29, 1.82) is 0 Å². The lowest BCUT2D eigenvalue weighted by Crippen LogP contribution is -2.54. The molecule has 1 aromatic heterocycles. The van der Waals surface area contributed by atoms with E-state index in [-0.39, 0.29) is 29.0 Å². The van der Waals surface area contributed by atoms with Gasteiger partial charge in [0.05, 0.1) is 10.7 Å². The Morgan fingerprint density at radius 2 is 1.72 bits per heavy atom. The fourth-order valence-corrected chi connectivity index (χ4v) is 6.98. The van der Waals surface area contributed by atoms with Crippen LogP contribution in [0.3, 0.4) is 0 Å². The minimum absolute atomic E-state index is 0.0107. The summed E-state index contributed by atoms with van der Waals surface area (Å²) in [5.41, 5.74) is 8.84. The highest BCUT2D eigenvalue weighted by Crippen LogP contribution is 2.57. The summed E-state index contributed by atoms with van der Waals surface area (Å²) in [5, 5.41) is 0.569. The van der Waals surface area contributed by atoms with Gasteiger partial charge in [-0.15, -0.1) is 0 Å². The second-order valence-corrected chi connectivity index (χ2v) is 12.1. The zero-order chi connectivity index (χ0) is 26.4. The first-order valence-electron chi connectivity index (χ1n) is 12.6. The van der Waals surface area contributed by atoms with Gasteiger partial charge < -0.3 is 10.5 Å². The van der Waals surface area contributed by atoms with Crippen molar-refractivity contribution in [2.45, 2.75) is 78.7 Å². The summed E-state index contributed by atoms with van der Waals surface area (Å²) in [6, 6.07) is 7.67. The van der Waals surface area contributed by atoms with E-state index in [0.29, 0.717) is 37.1 Å². The molecule has 1 amide bonds. The van der Waals surface area contributed by atoms with Gasteiger partial charge in [-0.1, -0.05) is 32.4 Å². The Bertz CT molecular complexity index is 1170. The van der Waals surface area contributed by atoms with E-state index < -0.39 is 17.4 Å². The van der Waals surface area contributed by atoms with Gasteiger partial charge in [-0.3, -0.25) is 14.6 Å². The van der Waals surface area contributed by atoms with Gasteiger partial charge >= 0.3 is 6.09 Å². The number of carbonyl (C=O) groups excluding carboxylic acids is 3. The average molecular weight is 511 g/mol. The quantitative estimate of drug-likeness (QED) is 0.486. The third-order valence-corrected chi connectivity index (χ3v) is 8.24. The number of rotatable bonds is 3. The first-order chi connectivity index (χ1) is 16.8. The SMILES string of the molecule is Cc1cc(-c2ccc(Cl)cn2)cc(C)c1C1C(=O)CC2(CCC(OC(N)=O)CC2)C(C(C)(C)C)C1=O. The Balaban J connectivity index is 1.69. The molecule has 1 heterocycles. The van der Waals surface area contributed by atoms with Crippen LogP contribution in [0.2, 0.25) is 5.02 Å². The Hall–Kier alpha value is -2.73. The summed E-state index contributed by atoms with van der Waals surface area (Å²) in [6.45, 7) is 10.2. The molecule has 2 unspecified atom stereocenters. The maximum Gasteiger partial charge on any atom is 0.404 e. The van der Waals surface area contributed by atoms with Crippen molar-refractivity contribution >= 4 is 29.3 Å². The summed E-state index contributed by atoms with van der Waals surface area (Å²) in [7, 11) is 0. The van der Waals surface area contributed by atoms with Gasteiger partial charge in [0.15, 0.2) is 5.78 Å². The normalized spacial score (nSPS) is 26.8. The number of nitrogens with zero attached hydrogens (tertiary/aromatic N) is 1. The number of Topliss-reactive ketones (excluding diaryl/α,β-unsaturated/α-hetero) is 2. The van der Waals surface area contributed by atoms with Crippen LogP contribution in [-0.2, 0) is 14.3 Å². The number of carbonyl (C=O) groups is 3. The van der Waals surface area contributed by atoms with E-state index in [1.807, 2.05) is 32.0 Å². The molecule has 6 nitrogen and oxygen atoms in total. The van der Waals surface area contributed by atoms with E-state index in [1.165, 1.54) is 0 Å². The molecule has 7 heteroatoms. The number of aryl methyl sites for hydroxylation is 2. The van der Waals surface area contributed by atoms with E-state index in [1.54, 1.807) is 12.3 Å². The third-order valence-electron chi connectivity index (χ3n) is 8.01. The standard InChI is InChI=1S/C29H35ClN2O4/c1-16-12-18(21-7-6-19(30)15-32-21)13-17(2)23(16)24-22(33)14-29(26(25(24)34)28(3,4)5)10-8-20(9-11-29)36-27(31)35/h6-7,12-13,15,20,24,26H,8-11,14H2,1-5H3,(H2,31,35). The van der Waals surface area contributed by atoms with Crippen LogP contribution in [-0.4, -0.2) is 28.7 Å². The van der Waals surface area contributed by atoms with Gasteiger partial charge in [0.2, 0.25) is 0 Å². The van der Waals surface area contributed by atoms with Crippen molar-refractivity contribution in [3.8, 4) is 11.3 Å². The van der Waals surface area contributed by atoms with Gasteiger partial charge in [0.1, 0.15) is 17.8 Å². The van der Waals surface area contributed by atoms with Crippen molar-refractivity contribution in [2.24, 2.45) is 22.5 Å². The summed E-state index contributed by atoms with van der Waals surface area (Å²) in [4.78, 5) is 43.7. The molecule has 0 radical (unpaired) electrons. The highest BCUT2D eigenvalue weighted by Gasteiger charge is 2.57. The van der Waals surface area contributed by atoms with Gasteiger partial charge in [-0.25, -0.2) is 4.79 Å². The largest absolute Gasteiger partial charge is 0.446 e. The summed E-state index contributed by atoms with van der Waals surface area (Å²) in [6.07, 6.45) is 3.49. The number of benzene rings is 1. The van der Waals surface area contributed by atoms with Crippen molar-refractivity contribution in [3.63, 3.8) is 0 Å². The maximum atomic E-state index is 14.3. The highest BCUT2D eigenvalue weighted by molar-refractivity contribution is 6.30. The number of hydrogen-bond acceptors (Lipinski definition) is 5. The van der Waals surface area contributed by atoms with E-state index in [4.69, 9.17) is 22.1 Å². The van der Waals surface area contributed by atoms with Crippen molar-refractivity contribution < 1.29 is 19.1 Å². The monoisotopic (exact) mass is 510 g/mol. The van der Waals surface area contributed by atoms with Gasteiger partial charge in [-0.2, -0.15) is 0 Å². The number of ketones is 2. The molecular formula is C29H35ClN2O4. The number of hydrogen-bond donors (Lipinski definition) is 1. The number of ether oxygens (including phenoxy) is 1. The first kappa shape index (κ1) is 26.3. The Morgan fingerprint density at radius 3 is 2.22 bits per heavy atom. The molecule has 36 heavy (non-hydrogen) atoms. The second-order valence-electron chi connectivity index (χ2n) is 11.7. The molecule has 4 rings (SSSR count). The van der Waals surface area contributed by atoms with Crippen LogP contribution in [0.5, 0.6) is 0 Å². The summed E-state index contributed by atoms with van der Waals surface area (Å²) < 4.78 is 5.23. The average Bonchev–Trinajstić information content (AvgIpc) is 2.76. The number of nitrogens with two attached hydrogens (primary N) is 1. The van der Waals surface area contributed by atoms with Crippen molar-refractivity contribution in [2.75, 3.05) is 0 Å². The van der Waals surface area contributed by atoms with Crippen LogP contribution in [0.4, 0.5) is 4.79 Å². The lowest BCUT2D eigenvalue weighted by atomic mass is 9.49. The molecule has 2 aliphatic rings. The highest BCUT2D eigenvalue weighted by atomic mass is 35.5. The number of halogens is 1. The molecule has 1 spiro atoms. The lowest BCUT2D eigenvalue weighted by Gasteiger charge is -2.53. The molecule has 1 aromatic carbocycles. The zero-order valence-electron chi connectivity index (χ0n) is 21.7. The van der Waals surface area contributed by atoms with Crippen LogP contribution < -0.4 is 5.73 Å². The zero-order valence-corrected chi connectivity index (χ0v) is 22.4.